The number of amidine groups is 1. The highest BCUT2D eigenvalue weighted by atomic mass is 16.4. The summed E-state index contributed by atoms with van der Waals surface area (Å²) in [7, 11) is 0. The summed E-state index contributed by atoms with van der Waals surface area (Å²) in [5, 5.41) is 21.2. The molecule has 6 heteroatoms. The minimum Gasteiger partial charge on any atom is -0.409 e. The van der Waals surface area contributed by atoms with Crippen LogP contribution in [0.5, 0.6) is 0 Å². The number of piperidine rings is 1. The molecule has 1 atom stereocenters. The van der Waals surface area contributed by atoms with Crippen LogP contribution in [0.25, 0.3) is 0 Å². The molecule has 1 saturated heterocycles. The van der Waals surface area contributed by atoms with Crippen LogP contribution in [0.4, 0.5) is 5.82 Å². The first kappa shape index (κ1) is 14.6. The Hall–Kier alpha value is -1.82. The maximum absolute atomic E-state index is 9.09. The fourth-order valence-electron chi connectivity index (χ4n) is 2.83. The van der Waals surface area contributed by atoms with Crippen molar-refractivity contribution in [2.45, 2.75) is 26.2 Å². The van der Waals surface area contributed by atoms with Crippen LogP contribution >= 0.6 is 0 Å². The van der Waals surface area contributed by atoms with E-state index in [1.54, 1.807) is 6.20 Å². The zero-order valence-electron chi connectivity index (χ0n) is 11.8. The molecule has 0 saturated carbocycles. The molecule has 1 aromatic heterocycles. The Morgan fingerprint density at radius 3 is 3.10 bits per heavy atom. The second-order valence-electron chi connectivity index (χ2n) is 5.28. The lowest BCUT2D eigenvalue weighted by Crippen LogP contribution is -2.38. The van der Waals surface area contributed by atoms with Crippen molar-refractivity contribution in [2.75, 3.05) is 24.6 Å². The number of anilines is 1. The number of oxime groups is 1. The van der Waals surface area contributed by atoms with E-state index < -0.39 is 0 Å². The molecule has 0 spiro atoms. The maximum Gasteiger partial charge on any atom is 0.174 e. The summed E-state index contributed by atoms with van der Waals surface area (Å²) in [5.74, 6) is 1.33. The average Bonchev–Trinajstić information content (AvgIpc) is 2.47. The Balaban J connectivity index is 2.30. The van der Waals surface area contributed by atoms with Gasteiger partial charge in [0, 0.05) is 25.9 Å². The first-order chi connectivity index (χ1) is 9.67. The van der Waals surface area contributed by atoms with Gasteiger partial charge in [0.15, 0.2) is 5.84 Å². The number of nitrogens with zero attached hydrogens (tertiary/aromatic N) is 3. The third-order valence-corrected chi connectivity index (χ3v) is 3.86. The van der Waals surface area contributed by atoms with Gasteiger partial charge < -0.3 is 20.9 Å². The van der Waals surface area contributed by atoms with E-state index in [0.29, 0.717) is 11.5 Å². The lowest BCUT2D eigenvalue weighted by molar-refractivity contribution is 0.244. The van der Waals surface area contributed by atoms with E-state index >= 15 is 0 Å². The Morgan fingerprint density at radius 1 is 1.60 bits per heavy atom. The van der Waals surface area contributed by atoms with E-state index in [1.165, 1.54) is 0 Å². The van der Waals surface area contributed by atoms with Crippen molar-refractivity contribution in [1.82, 2.24) is 4.98 Å². The summed E-state index contributed by atoms with van der Waals surface area (Å²) in [6.45, 7) is 3.90. The molecule has 0 aromatic carbocycles. The number of hydrogen-bond acceptors (Lipinski definition) is 5. The maximum atomic E-state index is 9.09. The Kier molecular flexibility index (Phi) is 4.79. The van der Waals surface area contributed by atoms with Gasteiger partial charge in [-0.05, 0) is 43.7 Å². The van der Waals surface area contributed by atoms with Crippen LogP contribution in [0, 0.1) is 12.8 Å². The van der Waals surface area contributed by atoms with Crippen LogP contribution in [-0.2, 0) is 0 Å². The topological polar surface area (TPSA) is 95.0 Å². The van der Waals surface area contributed by atoms with Crippen LogP contribution in [0.1, 0.15) is 30.4 Å². The molecule has 0 bridgehead atoms. The third kappa shape index (κ3) is 3.01. The van der Waals surface area contributed by atoms with E-state index in [0.717, 1.165) is 43.7 Å². The van der Waals surface area contributed by atoms with Crippen LogP contribution in [0.2, 0.25) is 0 Å². The molecular formula is C14H22N4O2. The standard InChI is InChI=1S/C14H22N4O2/c1-10-4-6-16-14(12(10)13(15)17-20)18-7-2-3-11(9-18)5-8-19/h4,6,11,19-20H,2-3,5,7-9H2,1H3,(H2,15,17). The summed E-state index contributed by atoms with van der Waals surface area (Å²) in [5.41, 5.74) is 7.42. The SMILES string of the molecule is Cc1ccnc(N2CCCC(CCO)C2)c1/C(N)=N/O. The molecule has 1 aliphatic rings. The molecule has 1 aliphatic heterocycles. The highest BCUT2D eigenvalue weighted by Gasteiger charge is 2.24. The predicted molar refractivity (Wildman–Crippen MR) is 78.1 cm³/mol. The molecule has 4 N–H and O–H groups in total. The van der Waals surface area contributed by atoms with Gasteiger partial charge >= 0.3 is 0 Å². The second-order valence-corrected chi connectivity index (χ2v) is 5.28. The minimum absolute atomic E-state index is 0.0925. The Morgan fingerprint density at radius 2 is 2.40 bits per heavy atom. The lowest BCUT2D eigenvalue weighted by atomic mass is 9.94. The number of rotatable bonds is 4. The number of aryl methyl sites for hydroxylation is 1. The van der Waals surface area contributed by atoms with E-state index in [-0.39, 0.29) is 12.4 Å². The quantitative estimate of drug-likeness (QED) is 0.331. The fourth-order valence-corrected chi connectivity index (χ4v) is 2.83. The van der Waals surface area contributed by atoms with Crippen LogP contribution < -0.4 is 10.6 Å². The third-order valence-electron chi connectivity index (χ3n) is 3.86. The highest BCUT2D eigenvalue weighted by Crippen LogP contribution is 2.27. The van der Waals surface area contributed by atoms with Gasteiger partial charge in [0.05, 0.1) is 5.56 Å². The van der Waals surface area contributed by atoms with Gasteiger partial charge in [-0.1, -0.05) is 5.16 Å². The van der Waals surface area contributed by atoms with Gasteiger partial charge in [-0.2, -0.15) is 0 Å². The molecule has 20 heavy (non-hydrogen) atoms. The van der Waals surface area contributed by atoms with E-state index in [2.05, 4.69) is 15.0 Å². The summed E-state index contributed by atoms with van der Waals surface area (Å²) in [6.07, 6.45) is 4.74. The summed E-state index contributed by atoms with van der Waals surface area (Å²) < 4.78 is 0. The Bertz CT molecular complexity index is 488. The van der Waals surface area contributed by atoms with Crippen molar-refractivity contribution in [3.63, 3.8) is 0 Å². The van der Waals surface area contributed by atoms with Gasteiger partial charge in [-0.15, -0.1) is 0 Å². The van der Waals surface area contributed by atoms with Crippen LogP contribution in [0.3, 0.4) is 0 Å². The molecule has 1 unspecified atom stereocenters. The number of aliphatic hydroxyl groups excluding tert-OH is 1. The summed E-state index contributed by atoms with van der Waals surface area (Å²) >= 11 is 0. The molecular weight excluding hydrogens is 256 g/mol. The van der Waals surface area contributed by atoms with Gasteiger partial charge in [0.1, 0.15) is 5.82 Å². The monoisotopic (exact) mass is 278 g/mol. The molecule has 2 heterocycles. The van der Waals surface area contributed by atoms with Crippen molar-refractivity contribution in [3.8, 4) is 0 Å². The molecule has 1 aromatic rings. The molecule has 110 valence electrons. The highest BCUT2D eigenvalue weighted by molar-refractivity contribution is 6.02. The molecule has 0 aliphatic carbocycles. The van der Waals surface area contributed by atoms with Gasteiger partial charge in [-0.25, -0.2) is 4.98 Å². The minimum atomic E-state index is 0.0925. The smallest absolute Gasteiger partial charge is 0.174 e. The number of aromatic nitrogens is 1. The second kappa shape index (κ2) is 6.56. The van der Waals surface area contributed by atoms with E-state index in [1.807, 2.05) is 13.0 Å². The van der Waals surface area contributed by atoms with Crippen molar-refractivity contribution in [3.05, 3.63) is 23.4 Å². The number of nitrogens with two attached hydrogens (primary N) is 1. The first-order valence-electron chi connectivity index (χ1n) is 6.96. The number of hydrogen-bond donors (Lipinski definition) is 3. The van der Waals surface area contributed by atoms with E-state index in [4.69, 9.17) is 16.0 Å². The molecule has 0 radical (unpaired) electrons. The normalized spacial score (nSPS) is 20.2. The Labute approximate surface area is 118 Å². The van der Waals surface area contributed by atoms with Crippen molar-refractivity contribution >= 4 is 11.7 Å². The number of pyridine rings is 1. The summed E-state index contributed by atoms with van der Waals surface area (Å²) in [6, 6.07) is 1.85. The molecule has 2 rings (SSSR count). The molecule has 1 fully saturated rings. The van der Waals surface area contributed by atoms with Gasteiger partial charge in [0.2, 0.25) is 0 Å². The van der Waals surface area contributed by atoms with Gasteiger partial charge in [-0.3, -0.25) is 0 Å². The zero-order chi connectivity index (χ0) is 14.5. The van der Waals surface area contributed by atoms with Crippen molar-refractivity contribution < 1.29 is 10.3 Å². The van der Waals surface area contributed by atoms with Crippen molar-refractivity contribution in [1.29, 1.82) is 0 Å². The average molecular weight is 278 g/mol. The van der Waals surface area contributed by atoms with Crippen molar-refractivity contribution in [2.24, 2.45) is 16.8 Å². The lowest BCUT2D eigenvalue weighted by Gasteiger charge is -2.34. The predicted octanol–water partition coefficient (Wildman–Crippen LogP) is 1.08. The first-order valence-corrected chi connectivity index (χ1v) is 6.96. The zero-order valence-corrected chi connectivity index (χ0v) is 11.8. The number of aliphatic hydroxyl groups is 1. The van der Waals surface area contributed by atoms with Gasteiger partial charge in [0.25, 0.3) is 0 Å². The van der Waals surface area contributed by atoms with Crippen LogP contribution in [-0.4, -0.2) is 40.8 Å². The molecule has 6 nitrogen and oxygen atoms in total. The fraction of sp³-hybridized carbons (Fsp3) is 0.571. The van der Waals surface area contributed by atoms with E-state index in [9.17, 15) is 0 Å². The largest absolute Gasteiger partial charge is 0.409 e. The van der Waals surface area contributed by atoms with Crippen LogP contribution in [0.15, 0.2) is 17.4 Å². The molecule has 0 amide bonds. The summed E-state index contributed by atoms with van der Waals surface area (Å²) in [4.78, 5) is 6.59.